The second-order valence-corrected chi connectivity index (χ2v) is 16.5. The van der Waals surface area contributed by atoms with E-state index in [-0.39, 0.29) is 48.0 Å². The van der Waals surface area contributed by atoms with E-state index >= 15 is 0 Å². The number of hydrogen-bond acceptors (Lipinski definition) is 4. The van der Waals surface area contributed by atoms with E-state index in [0.29, 0.717) is 0 Å². The molecule has 0 saturated carbocycles. The molecule has 9 rings (SSSR count). The van der Waals surface area contributed by atoms with Gasteiger partial charge in [-0.25, -0.2) is 9.97 Å². The van der Waals surface area contributed by atoms with E-state index in [1.165, 1.54) is 11.4 Å². The normalized spacial score (nSPS) is 12.1. The summed E-state index contributed by atoms with van der Waals surface area (Å²) in [5.74, 6) is 3.06. The summed E-state index contributed by atoms with van der Waals surface area (Å²) in [5, 5.41) is 0. The summed E-state index contributed by atoms with van der Waals surface area (Å²) in [5.41, 5.74) is 13.5. The fourth-order valence-corrected chi connectivity index (χ4v) is 7.31. The van der Waals surface area contributed by atoms with Crippen molar-refractivity contribution in [3.63, 3.8) is 0 Å². The smallest absolute Gasteiger partial charge is 0.132 e. The lowest BCUT2D eigenvalue weighted by Crippen LogP contribution is -3.00. The third-order valence-electron chi connectivity index (χ3n) is 10.3. The van der Waals surface area contributed by atoms with Crippen molar-refractivity contribution in [2.75, 3.05) is 42.3 Å². The monoisotopic (exact) mass is 1020 g/mol. The molecule has 0 saturated heterocycles. The Hall–Kier alpha value is -5.54. The van der Waals surface area contributed by atoms with Gasteiger partial charge in [0.2, 0.25) is 0 Å². The van der Waals surface area contributed by atoms with Crippen molar-refractivity contribution in [1.82, 2.24) is 28.9 Å². The molecule has 3 aromatic heterocycles. The van der Waals surface area contributed by atoms with E-state index in [1.807, 2.05) is 48.5 Å². The number of aromatic nitrogens is 4. The Morgan fingerprint density at radius 2 is 0.817 bits per heavy atom. The van der Waals surface area contributed by atoms with Crippen LogP contribution in [0.3, 0.4) is 0 Å². The summed E-state index contributed by atoms with van der Waals surface area (Å²) < 4.78 is 14.2. The molecule has 2 aliphatic heterocycles. The number of rotatable bonds is 8. The summed E-state index contributed by atoms with van der Waals surface area (Å²) in [7, 11) is 12.9. The van der Waals surface area contributed by atoms with Gasteiger partial charge < -0.3 is 67.4 Å². The van der Waals surface area contributed by atoms with Crippen LogP contribution in [-0.4, -0.2) is 62.2 Å². The van der Waals surface area contributed by atoms with Gasteiger partial charge in [0.15, 0.2) is 0 Å². The molecular weight excluding hydrogens is 970 g/mol. The SMILES string of the molecule is C[N+](C)(C)c1ccc(Oc2cccc(-c3c4nc(cc5ccc([nH]5)c(-c5cccc(Oc6ccc([N+](C)(C)C)cc6)c5)c5nc(cc6ccc3[nH]6)C=C5)C=C4)c2)cc1.[I-].[I-]. The zero-order chi connectivity index (χ0) is 40.0. The Labute approximate surface area is 385 Å². The van der Waals surface area contributed by atoms with Crippen molar-refractivity contribution in [3.05, 3.63) is 156 Å². The number of aromatic amines is 2. The molecule has 0 amide bonds. The van der Waals surface area contributed by atoms with Gasteiger partial charge in [-0.3, -0.25) is 8.97 Å². The zero-order valence-electron chi connectivity index (χ0n) is 34.4. The van der Waals surface area contributed by atoms with Crippen molar-refractivity contribution >= 4 is 57.7 Å². The Bertz CT molecular complexity index is 2720. The largest absolute Gasteiger partial charge is 1.00 e. The third kappa shape index (κ3) is 9.26. The summed E-state index contributed by atoms with van der Waals surface area (Å²) in [4.78, 5) is 17.6. The molecule has 0 spiro atoms. The van der Waals surface area contributed by atoms with E-state index in [4.69, 9.17) is 19.4 Å². The van der Waals surface area contributed by atoms with Gasteiger partial charge in [-0.1, -0.05) is 24.3 Å². The number of quaternary nitrogens is 2. The molecule has 302 valence electrons. The molecular formula is C50H46I2N6O2. The minimum atomic E-state index is 0. The molecule has 8 bridgehead atoms. The Balaban J connectivity index is 0.00000272. The fraction of sp³-hybridized carbons (Fsp3) is 0.120. The number of fused-ring (bicyclic) bond motifs is 8. The van der Waals surface area contributed by atoms with Gasteiger partial charge in [0.05, 0.1) is 65.1 Å². The molecule has 5 heterocycles. The average Bonchev–Trinajstić information content (AvgIpc) is 4.03. The van der Waals surface area contributed by atoms with Crippen LogP contribution in [0.15, 0.2) is 133 Å². The van der Waals surface area contributed by atoms with Crippen LogP contribution in [0.1, 0.15) is 22.8 Å². The molecule has 2 N–H and O–H groups in total. The molecule has 60 heavy (non-hydrogen) atoms. The predicted octanol–water partition coefficient (Wildman–Crippen LogP) is 5.98. The molecule has 4 aromatic carbocycles. The van der Waals surface area contributed by atoms with E-state index in [0.717, 1.165) is 99.1 Å². The molecule has 0 atom stereocenters. The number of ether oxygens (including phenoxy) is 2. The topological polar surface area (TPSA) is 75.8 Å². The van der Waals surface area contributed by atoms with Crippen LogP contribution in [0.25, 0.3) is 68.6 Å². The number of nitrogens with zero attached hydrogens (tertiary/aromatic N) is 4. The molecule has 7 aromatic rings. The predicted molar refractivity (Wildman–Crippen MR) is 242 cm³/mol. The highest BCUT2D eigenvalue weighted by atomic mass is 127. The Morgan fingerprint density at radius 3 is 1.20 bits per heavy atom. The van der Waals surface area contributed by atoms with Crippen LogP contribution < -0.4 is 66.4 Å². The fourth-order valence-electron chi connectivity index (χ4n) is 7.31. The van der Waals surface area contributed by atoms with E-state index in [2.05, 4.69) is 161 Å². The van der Waals surface area contributed by atoms with Crippen molar-refractivity contribution in [2.45, 2.75) is 0 Å². The van der Waals surface area contributed by atoms with Crippen LogP contribution in [0.4, 0.5) is 11.4 Å². The second-order valence-electron chi connectivity index (χ2n) is 16.5. The van der Waals surface area contributed by atoms with Gasteiger partial charge in [0.25, 0.3) is 0 Å². The van der Waals surface area contributed by atoms with Crippen LogP contribution >= 0.6 is 0 Å². The molecule has 0 aliphatic carbocycles. The number of benzene rings is 4. The lowest BCUT2D eigenvalue weighted by molar-refractivity contribution is -0.001000. The molecule has 10 heteroatoms. The van der Waals surface area contributed by atoms with Crippen molar-refractivity contribution in [2.24, 2.45) is 0 Å². The molecule has 0 fully saturated rings. The average molecular weight is 1020 g/mol. The van der Waals surface area contributed by atoms with Crippen LogP contribution in [0.5, 0.6) is 23.0 Å². The minimum Gasteiger partial charge on any atom is -1.00 e. The van der Waals surface area contributed by atoms with E-state index in [9.17, 15) is 0 Å². The summed E-state index contributed by atoms with van der Waals surface area (Å²) in [6.07, 6.45) is 8.27. The molecule has 2 aliphatic rings. The van der Waals surface area contributed by atoms with Crippen LogP contribution in [0, 0.1) is 0 Å². The highest BCUT2D eigenvalue weighted by molar-refractivity contribution is 5.93. The first-order chi connectivity index (χ1) is 27.9. The van der Waals surface area contributed by atoms with Crippen LogP contribution in [-0.2, 0) is 0 Å². The molecule has 0 unspecified atom stereocenters. The number of halogens is 2. The van der Waals surface area contributed by atoms with Gasteiger partial charge >= 0.3 is 0 Å². The van der Waals surface area contributed by atoms with Gasteiger partial charge in [-0.05, 0) is 120 Å². The van der Waals surface area contributed by atoms with Gasteiger partial charge in [-0.2, -0.15) is 0 Å². The highest BCUT2D eigenvalue weighted by Crippen LogP contribution is 2.36. The van der Waals surface area contributed by atoms with Gasteiger partial charge in [0, 0.05) is 57.5 Å². The van der Waals surface area contributed by atoms with Gasteiger partial charge in [0.1, 0.15) is 34.4 Å². The summed E-state index contributed by atoms with van der Waals surface area (Å²) in [6.45, 7) is 0. The maximum absolute atomic E-state index is 6.38. The standard InChI is InChI=1S/C50H46N6O2.2HI/c1-55(2,3)39-17-21-41(22-18-39)57-43-11-7-9-33(29-43)49-45-25-13-35(51-45)31-37-15-27-47(53-37)50(48-28-16-38(54-48)32-36-14-26-46(49)52-36)34-10-8-12-44(30-34)58-42-23-19-40(20-24-42)56(4,5)6;;/h7-32,51,54H,1-6H3;2*1H/q+2;;/p-2. The number of nitrogens with one attached hydrogen (secondary N) is 2. The van der Waals surface area contributed by atoms with E-state index < -0.39 is 0 Å². The third-order valence-corrected chi connectivity index (χ3v) is 10.3. The zero-order valence-corrected chi connectivity index (χ0v) is 38.7. The first-order valence-corrected chi connectivity index (χ1v) is 19.4. The minimum absolute atomic E-state index is 0. The van der Waals surface area contributed by atoms with Crippen molar-refractivity contribution in [1.29, 1.82) is 0 Å². The second kappa shape index (κ2) is 17.2. The Morgan fingerprint density at radius 1 is 0.417 bits per heavy atom. The highest BCUT2D eigenvalue weighted by Gasteiger charge is 2.17. The maximum Gasteiger partial charge on any atom is 0.132 e. The molecule has 0 radical (unpaired) electrons. The summed E-state index contributed by atoms with van der Waals surface area (Å²) in [6, 6.07) is 45.4. The number of hydrogen-bond donors (Lipinski definition) is 2. The lowest BCUT2D eigenvalue weighted by Gasteiger charge is -2.23. The first kappa shape index (κ1) is 42.6. The van der Waals surface area contributed by atoms with Crippen LogP contribution in [0.2, 0.25) is 0 Å². The lowest BCUT2D eigenvalue weighted by atomic mass is 10.0. The number of H-pyrrole nitrogens is 2. The van der Waals surface area contributed by atoms with Crippen molar-refractivity contribution in [3.8, 4) is 45.3 Å². The quantitative estimate of drug-likeness (QED) is 0.145. The first-order valence-electron chi connectivity index (χ1n) is 19.4. The van der Waals surface area contributed by atoms with E-state index in [1.54, 1.807) is 0 Å². The maximum atomic E-state index is 6.38. The molecule has 8 nitrogen and oxygen atoms in total. The Kier molecular flexibility index (Phi) is 12.2. The summed E-state index contributed by atoms with van der Waals surface area (Å²) >= 11 is 0. The van der Waals surface area contributed by atoms with Crippen molar-refractivity contribution < 1.29 is 57.4 Å². The van der Waals surface area contributed by atoms with Gasteiger partial charge in [-0.15, -0.1) is 0 Å².